The minimum absolute atomic E-state index is 0.0494. The Morgan fingerprint density at radius 1 is 1.05 bits per heavy atom. The molecule has 1 atom stereocenters. The lowest BCUT2D eigenvalue weighted by Crippen LogP contribution is -2.38. The van der Waals surface area contributed by atoms with Gasteiger partial charge >= 0.3 is 0 Å². The van der Waals surface area contributed by atoms with Crippen LogP contribution in [0.2, 0.25) is 20.1 Å². The summed E-state index contributed by atoms with van der Waals surface area (Å²) in [6, 6.07) is 16.2. The lowest BCUT2D eigenvalue weighted by molar-refractivity contribution is 0.260. The normalized spacial score (nSPS) is 15.4. The highest BCUT2D eigenvalue weighted by Gasteiger charge is 2.32. The van der Waals surface area contributed by atoms with Gasteiger partial charge in [-0.15, -0.1) is 5.53 Å². The molecule has 12 heteroatoms. The summed E-state index contributed by atoms with van der Waals surface area (Å²) in [4.78, 5) is 4.39. The number of aromatic nitrogens is 1. The topological polar surface area (TPSA) is 88.0 Å². The Bertz CT molecular complexity index is 1720. The zero-order valence-electron chi connectivity index (χ0n) is 20.6. The number of fused-ring (bicyclic) bond motifs is 1. The molecule has 4 aromatic rings. The van der Waals surface area contributed by atoms with Crippen LogP contribution in [-0.2, 0) is 0 Å². The largest absolute Gasteiger partial charge is 0.373 e. The molecular formula is C28H20Cl4FN7. The Morgan fingerprint density at radius 3 is 2.60 bits per heavy atom. The molecule has 1 aromatic heterocycles. The molecule has 0 bridgehead atoms. The van der Waals surface area contributed by atoms with Crippen molar-refractivity contribution in [2.75, 3.05) is 10.6 Å². The summed E-state index contributed by atoms with van der Waals surface area (Å²) < 4.78 is 15.0. The van der Waals surface area contributed by atoms with E-state index in [1.54, 1.807) is 12.1 Å². The Balaban J connectivity index is 1.44. The standard InChI is InChI=1S/C28H20Cl4FN7/c29-19-4-2-1-3-17(19)28(23-13-40(39-38-23)16-5-6-16)36-15-9-18-26(14(11-34)12-35-27(18)21(31)10-15)37-22-8-7-20(30)24(32)25(22)33/h1-4,7-10,12-13,16,28,36,38-39H,5-6H2,(H,35,37). The molecule has 1 unspecified atom stereocenters. The predicted molar refractivity (Wildman–Crippen MR) is 158 cm³/mol. The average Bonchev–Trinajstić information content (AvgIpc) is 3.69. The predicted octanol–water partition coefficient (Wildman–Crippen LogP) is 8.08. The number of nitrogens with one attached hydrogen (secondary N) is 4. The van der Waals surface area contributed by atoms with Crippen molar-refractivity contribution in [3.63, 3.8) is 0 Å². The molecule has 0 radical (unpaired) electrons. The fourth-order valence-corrected chi connectivity index (χ4v) is 5.38. The van der Waals surface area contributed by atoms with Gasteiger partial charge in [0.05, 0.1) is 49.3 Å². The van der Waals surface area contributed by atoms with Gasteiger partial charge in [0, 0.05) is 34.5 Å². The molecule has 0 spiro atoms. The minimum Gasteiger partial charge on any atom is -0.373 e. The van der Waals surface area contributed by atoms with Crippen molar-refractivity contribution in [2.24, 2.45) is 0 Å². The van der Waals surface area contributed by atoms with Gasteiger partial charge in [-0.1, -0.05) is 64.6 Å². The van der Waals surface area contributed by atoms with E-state index in [0.29, 0.717) is 38.4 Å². The third-order valence-corrected chi connectivity index (χ3v) is 8.14. The van der Waals surface area contributed by atoms with E-state index in [0.717, 1.165) is 24.1 Å². The highest BCUT2D eigenvalue weighted by molar-refractivity contribution is 6.42. The van der Waals surface area contributed by atoms with Gasteiger partial charge in [-0.3, -0.25) is 9.99 Å². The van der Waals surface area contributed by atoms with Gasteiger partial charge in [-0.25, -0.2) is 4.39 Å². The molecule has 7 nitrogen and oxygen atoms in total. The first-order valence-electron chi connectivity index (χ1n) is 12.3. The second-order valence-electron chi connectivity index (χ2n) is 9.42. The number of rotatable bonds is 7. The van der Waals surface area contributed by atoms with Crippen LogP contribution in [0.15, 0.2) is 66.6 Å². The van der Waals surface area contributed by atoms with Gasteiger partial charge in [0.1, 0.15) is 6.07 Å². The van der Waals surface area contributed by atoms with Gasteiger partial charge in [0.25, 0.3) is 0 Å². The summed E-state index contributed by atoms with van der Waals surface area (Å²) in [7, 11) is 0. The fraction of sp³-hybridized carbons (Fsp3) is 0.143. The van der Waals surface area contributed by atoms with Crippen molar-refractivity contribution < 1.29 is 4.39 Å². The first-order valence-corrected chi connectivity index (χ1v) is 13.8. The van der Waals surface area contributed by atoms with Crippen molar-refractivity contribution in [1.82, 2.24) is 21.0 Å². The molecule has 1 aliphatic carbocycles. The number of nitrogens with zero attached hydrogens (tertiary/aromatic N) is 3. The summed E-state index contributed by atoms with van der Waals surface area (Å²) in [6.07, 6.45) is 5.65. The van der Waals surface area contributed by atoms with Crippen LogP contribution in [0, 0.1) is 17.1 Å². The molecule has 0 amide bonds. The average molecular weight is 615 g/mol. The number of nitriles is 1. The monoisotopic (exact) mass is 613 g/mol. The van der Waals surface area contributed by atoms with E-state index in [1.807, 2.05) is 35.5 Å². The molecule has 202 valence electrons. The molecule has 40 heavy (non-hydrogen) atoms. The Morgan fingerprint density at radius 2 is 1.85 bits per heavy atom. The summed E-state index contributed by atoms with van der Waals surface area (Å²) in [5.41, 5.74) is 9.79. The van der Waals surface area contributed by atoms with Gasteiger partial charge in [0.2, 0.25) is 0 Å². The fourth-order valence-electron chi connectivity index (χ4n) is 4.56. The summed E-state index contributed by atoms with van der Waals surface area (Å²) in [5.74, 6) is -0.742. The maximum atomic E-state index is 15.0. The maximum Gasteiger partial charge on any atom is 0.166 e. The van der Waals surface area contributed by atoms with Crippen molar-refractivity contribution in [3.8, 4) is 6.07 Å². The highest BCUT2D eigenvalue weighted by Crippen LogP contribution is 2.40. The molecule has 2 heterocycles. The number of hydrazine groups is 2. The van der Waals surface area contributed by atoms with Crippen molar-refractivity contribution in [1.29, 1.82) is 5.26 Å². The SMILES string of the molecule is N#Cc1cnc2c(Cl)cc(NC(C3=CN(C4CC4)NN3)c3ccccc3Cl)cc2c1Nc1ccc(Cl)c(Cl)c1F. The van der Waals surface area contributed by atoms with Crippen LogP contribution in [0.4, 0.5) is 21.5 Å². The van der Waals surface area contributed by atoms with Crippen LogP contribution in [0.5, 0.6) is 0 Å². The van der Waals surface area contributed by atoms with E-state index in [4.69, 9.17) is 46.4 Å². The van der Waals surface area contributed by atoms with Crippen LogP contribution in [0.3, 0.4) is 0 Å². The third kappa shape index (κ3) is 5.07. The molecule has 1 fully saturated rings. The highest BCUT2D eigenvalue weighted by atomic mass is 35.5. The number of halogens is 5. The van der Waals surface area contributed by atoms with Crippen molar-refractivity contribution >= 4 is 74.4 Å². The van der Waals surface area contributed by atoms with Crippen LogP contribution < -0.4 is 21.6 Å². The molecule has 1 aliphatic heterocycles. The second-order valence-corrected chi connectivity index (χ2v) is 11.0. The molecule has 0 saturated heterocycles. The first-order chi connectivity index (χ1) is 19.3. The van der Waals surface area contributed by atoms with Crippen LogP contribution >= 0.6 is 46.4 Å². The van der Waals surface area contributed by atoms with Gasteiger partial charge < -0.3 is 16.1 Å². The number of anilines is 3. The lowest BCUT2D eigenvalue weighted by atomic mass is 10.0. The number of pyridine rings is 1. The van der Waals surface area contributed by atoms with Gasteiger partial charge in [-0.2, -0.15) is 5.26 Å². The Labute approximate surface area is 249 Å². The minimum atomic E-state index is -0.742. The quantitative estimate of drug-likeness (QED) is 0.156. The zero-order valence-corrected chi connectivity index (χ0v) is 23.6. The second kappa shape index (κ2) is 10.8. The summed E-state index contributed by atoms with van der Waals surface area (Å²) in [6.45, 7) is 0. The van der Waals surface area contributed by atoms with E-state index >= 15 is 0 Å². The Hall–Kier alpha value is -3.45. The van der Waals surface area contributed by atoms with Crippen LogP contribution in [0.1, 0.15) is 30.0 Å². The van der Waals surface area contributed by atoms with Gasteiger partial charge in [-0.05, 0) is 48.7 Å². The molecular weight excluding hydrogens is 595 g/mol. The molecule has 6 rings (SSSR count). The third-order valence-electron chi connectivity index (χ3n) is 6.73. The van der Waals surface area contributed by atoms with Crippen LogP contribution in [0.25, 0.3) is 10.9 Å². The first kappa shape index (κ1) is 26.8. The number of hydrogen-bond acceptors (Lipinski definition) is 7. The van der Waals surface area contributed by atoms with Crippen molar-refractivity contribution in [2.45, 2.75) is 24.9 Å². The Kier molecular flexibility index (Phi) is 7.26. The van der Waals surface area contributed by atoms with E-state index < -0.39 is 5.82 Å². The van der Waals surface area contributed by atoms with E-state index in [9.17, 15) is 9.65 Å². The van der Waals surface area contributed by atoms with Crippen LogP contribution in [-0.4, -0.2) is 16.0 Å². The van der Waals surface area contributed by atoms with E-state index in [1.165, 1.54) is 18.3 Å². The molecule has 4 N–H and O–H groups in total. The lowest BCUT2D eigenvalue weighted by Gasteiger charge is -2.23. The summed E-state index contributed by atoms with van der Waals surface area (Å²) in [5, 5.41) is 19.7. The number of hydrogen-bond donors (Lipinski definition) is 4. The van der Waals surface area contributed by atoms with E-state index in [2.05, 4.69) is 32.6 Å². The van der Waals surface area contributed by atoms with E-state index in [-0.39, 0.29) is 27.3 Å². The van der Waals surface area contributed by atoms with Gasteiger partial charge in [0.15, 0.2) is 5.82 Å². The van der Waals surface area contributed by atoms with Crippen molar-refractivity contribution in [3.05, 3.63) is 104 Å². The molecule has 1 saturated carbocycles. The summed E-state index contributed by atoms with van der Waals surface area (Å²) >= 11 is 25.3. The maximum absolute atomic E-state index is 15.0. The smallest absolute Gasteiger partial charge is 0.166 e. The molecule has 3 aromatic carbocycles. The molecule has 2 aliphatic rings. The number of benzene rings is 3. The zero-order chi connectivity index (χ0) is 28.0.